The Morgan fingerprint density at radius 1 is 1.35 bits per heavy atom. The fourth-order valence-electron chi connectivity index (χ4n) is 1.40. The Bertz CT molecular complexity index is 416. The minimum absolute atomic E-state index is 0.0145. The van der Waals surface area contributed by atoms with Gasteiger partial charge >= 0.3 is 0 Å². The normalized spacial score (nSPS) is 10.6. The van der Waals surface area contributed by atoms with E-state index in [1.54, 1.807) is 24.3 Å². The molecule has 0 aliphatic carbocycles. The van der Waals surface area contributed by atoms with Crippen LogP contribution in [0.4, 0.5) is 14.5 Å². The van der Waals surface area contributed by atoms with Crippen LogP contribution in [0.25, 0.3) is 0 Å². The van der Waals surface area contributed by atoms with Gasteiger partial charge in [0.2, 0.25) is 5.91 Å². The van der Waals surface area contributed by atoms with E-state index in [1.807, 2.05) is 0 Å². The molecule has 0 unspecified atom stereocenters. The van der Waals surface area contributed by atoms with Crippen molar-refractivity contribution in [3.8, 4) is 5.75 Å². The zero-order chi connectivity index (χ0) is 14.8. The Morgan fingerprint density at radius 2 is 2.15 bits per heavy atom. The number of ether oxygens (including phenoxy) is 2. The third-order valence-electron chi connectivity index (χ3n) is 2.22. The zero-order valence-corrected chi connectivity index (χ0v) is 11.0. The van der Waals surface area contributed by atoms with Crippen LogP contribution in [-0.2, 0) is 9.53 Å². The number of hydrogen-bond donors (Lipinski definition) is 2. The minimum Gasteiger partial charge on any atom is -0.492 e. The third-order valence-corrected chi connectivity index (χ3v) is 2.22. The molecule has 1 amide bonds. The van der Waals surface area contributed by atoms with E-state index in [1.165, 1.54) is 0 Å². The largest absolute Gasteiger partial charge is 0.492 e. The molecule has 1 aromatic rings. The molecule has 1 aromatic carbocycles. The summed E-state index contributed by atoms with van der Waals surface area (Å²) in [4.78, 5) is 11.5. The van der Waals surface area contributed by atoms with Crippen LogP contribution in [0.15, 0.2) is 24.3 Å². The second-order valence-electron chi connectivity index (χ2n) is 3.93. The van der Waals surface area contributed by atoms with E-state index in [4.69, 9.17) is 10.5 Å². The molecule has 0 aliphatic rings. The van der Waals surface area contributed by atoms with Gasteiger partial charge in [0.25, 0.3) is 6.43 Å². The van der Waals surface area contributed by atoms with Crippen molar-refractivity contribution >= 4 is 11.6 Å². The molecule has 0 heterocycles. The van der Waals surface area contributed by atoms with Crippen LogP contribution < -0.4 is 15.8 Å². The number of carbonyl (C=O) groups is 1. The molecule has 0 saturated heterocycles. The summed E-state index contributed by atoms with van der Waals surface area (Å²) in [6.45, 7) is 0.0894. The second-order valence-corrected chi connectivity index (χ2v) is 3.93. The fraction of sp³-hybridized carbons (Fsp3) is 0.462. The average molecular weight is 288 g/mol. The highest BCUT2D eigenvalue weighted by Crippen LogP contribution is 2.17. The molecule has 0 fully saturated rings. The van der Waals surface area contributed by atoms with Gasteiger partial charge in [-0.2, -0.15) is 0 Å². The first-order valence-corrected chi connectivity index (χ1v) is 6.20. The predicted octanol–water partition coefficient (Wildman–Crippen LogP) is 1.63. The molecule has 0 bridgehead atoms. The Hall–Kier alpha value is -1.73. The lowest BCUT2D eigenvalue weighted by molar-refractivity contribution is -0.117. The maximum Gasteiger partial charge on any atom is 0.261 e. The predicted molar refractivity (Wildman–Crippen MR) is 71.1 cm³/mol. The van der Waals surface area contributed by atoms with Crippen LogP contribution in [0.3, 0.4) is 0 Å². The molecule has 0 aliphatic heterocycles. The topological polar surface area (TPSA) is 73.6 Å². The summed E-state index contributed by atoms with van der Waals surface area (Å²) in [6.07, 6.45) is -2.50. The van der Waals surface area contributed by atoms with Crippen molar-refractivity contribution in [1.82, 2.24) is 0 Å². The number of nitrogens with one attached hydrogen (secondary N) is 1. The van der Waals surface area contributed by atoms with Gasteiger partial charge in [-0.3, -0.25) is 4.79 Å². The van der Waals surface area contributed by atoms with Gasteiger partial charge in [0.15, 0.2) is 0 Å². The van der Waals surface area contributed by atoms with Crippen LogP contribution >= 0.6 is 0 Å². The van der Waals surface area contributed by atoms with Crippen molar-refractivity contribution in [1.29, 1.82) is 0 Å². The lowest BCUT2D eigenvalue weighted by Crippen LogP contribution is -2.16. The van der Waals surface area contributed by atoms with Gasteiger partial charge in [0.1, 0.15) is 19.0 Å². The van der Waals surface area contributed by atoms with Crippen molar-refractivity contribution in [2.45, 2.75) is 12.8 Å². The van der Waals surface area contributed by atoms with Crippen molar-refractivity contribution in [2.24, 2.45) is 5.73 Å². The van der Waals surface area contributed by atoms with E-state index in [0.717, 1.165) is 0 Å². The van der Waals surface area contributed by atoms with Crippen LogP contribution in [0.1, 0.15) is 6.42 Å². The van der Waals surface area contributed by atoms with Crippen LogP contribution in [0, 0.1) is 0 Å². The number of hydrogen-bond acceptors (Lipinski definition) is 4. The number of carbonyl (C=O) groups excluding carboxylic acids is 1. The fourth-order valence-corrected chi connectivity index (χ4v) is 1.40. The van der Waals surface area contributed by atoms with E-state index in [0.29, 0.717) is 24.6 Å². The Morgan fingerprint density at radius 3 is 2.85 bits per heavy atom. The molecular weight excluding hydrogens is 270 g/mol. The summed E-state index contributed by atoms with van der Waals surface area (Å²) in [7, 11) is 0. The van der Waals surface area contributed by atoms with Gasteiger partial charge < -0.3 is 20.5 Å². The highest BCUT2D eigenvalue weighted by molar-refractivity contribution is 5.90. The Balaban J connectivity index is 2.33. The maximum atomic E-state index is 11.8. The smallest absolute Gasteiger partial charge is 0.261 e. The molecule has 0 aromatic heterocycles. The van der Waals surface area contributed by atoms with E-state index in [9.17, 15) is 13.6 Å². The van der Waals surface area contributed by atoms with Crippen LogP contribution in [-0.4, -0.2) is 38.7 Å². The van der Waals surface area contributed by atoms with Gasteiger partial charge in [0, 0.05) is 18.3 Å². The Kier molecular flexibility index (Phi) is 7.52. The zero-order valence-electron chi connectivity index (χ0n) is 11.0. The number of amides is 1. The minimum atomic E-state index is -2.52. The van der Waals surface area contributed by atoms with Gasteiger partial charge in [-0.15, -0.1) is 0 Å². The molecule has 0 atom stereocenters. The van der Waals surface area contributed by atoms with Crippen molar-refractivity contribution < 1.29 is 23.0 Å². The van der Waals surface area contributed by atoms with E-state index in [-0.39, 0.29) is 18.9 Å². The second kappa shape index (κ2) is 9.22. The lowest BCUT2D eigenvalue weighted by Gasteiger charge is -2.08. The standard InChI is InChI=1S/C13H18F2N2O3/c14-12(15)9-19-6-4-13(18)17-10-2-1-3-11(8-10)20-7-5-16/h1-3,8,12H,4-7,9,16H2,(H,17,18). The molecule has 5 nitrogen and oxygen atoms in total. The monoisotopic (exact) mass is 288 g/mol. The van der Waals surface area contributed by atoms with Crippen molar-refractivity contribution in [2.75, 3.05) is 31.7 Å². The van der Waals surface area contributed by atoms with Crippen molar-refractivity contribution in [3.05, 3.63) is 24.3 Å². The first-order chi connectivity index (χ1) is 9.61. The molecule has 20 heavy (non-hydrogen) atoms. The molecule has 0 spiro atoms. The number of halogens is 2. The molecule has 0 radical (unpaired) electrons. The molecule has 112 valence electrons. The maximum absolute atomic E-state index is 11.8. The summed E-state index contributed by atoms with van der Waals surface area (Å²) in [5.41, 5.74) is 5.89. The lowest BCUT2D eigenvalue weighted by atomic mass is 10.3. The van der Waals surface area contributed by atoms with Gasteiger partial charge in [-0.1, -0.05) is 6.07 Å². The van der Waals surface area contributed by atoms with Crippen LogP contribution in [0.2, 0.25) is 0 Å². The summed E-state index contributed by atoms with van der Waals surface area (Å²) in [5.74, 6) is 0.289. The first-order valence-electron chi connectivity index (χ1n) is 6.20. The van der Waals surface area contributed by atoms with Gasteiger partial charge in [-0.25, -0.2) is 8.78 Å². The van der Waals surface area contributed by atoms with Gasteiger partial charge in [0.05, 0.1) is 13.0 Å². The van der Waals surface area contributed by atoms with Crippen molar-refractivity contribution in [3.63, 3.8) is 0 Å². The summed E-state index contributed by atoms with van der Waals surface area (Å²) >= 11 is 0. The summed E-state index contributed by atoms with van der Waals surface area (Å²) < 4.78 is 33.6. The SMILES string of the molecule is NCCOc1cccc(NC(=O)CCOCC(F)F)c1. The summed E-state index contributed by atoms with van der Waals surface area (Å²) in [6, 6.07) is 6.84. The van der Waals surface area contributed by atoms with E-state index >= 15 is 0 Å². The Labute approximate surface area is 116 Å². The molecule has 0 saturated carbocycles. The number of nitrogens with two attached hydrogens (primary N) is 1. The highest BCUT2D eigenvalue weighted by Gasteiger charge is 2.06. The number of anilines is 1. The number of rotatable bonds is 9. The molecule has 7 heteroatoms. The third kappa shape index (κ3) is 7.01. The highest BCUT2D eigenvalue weighted by atomic mass is 19.3. The van der Waals surface area contributed by atoms with E-state index in [2.05, 4.69) is 10.1 Å². The average Bonchev–Trinajstić information content (AvgIpc) is 2.41. The first kappa shape index (κ1) is 16.3. The number of benzene rings is 1. The van der Waals surface area contributed by atoms with E-state index < -0.39 is 13.0 Å². The quantitative estimate of drug-likeness (QED) is 0.677. The molecule has 3 N–H and O–H groups in total. The molecule has 1 rings (SSSR count). The molecular formula is C13H18F2N2O3. The summed E-state index contributed by atoms with van der Waals surface area (Å²) in [5, 5.41) is 2.63. The van der Waals surface area contributed by atoms with Gasteiger partial charge in [-0.05, 0) is 12.1 Å². The number of alkyl halides is 2. The van der Waals surface area contributed by atoms with Crippen LogP contribution in [0.5, 0.6) is 5.75 Å².